The Hall–Kier alpha value is -0.570. The Kier molecular flexibility index (Phi) is 3.29. The molecule has 1 fully saturated rings. The van der Waals surface area contributed by atoms with Gasteiger partial charge in [-0.05, 0) is 59.8 Å². The number of benzene rings is 1. The number of piperidine rings is 1. The van der Waals surface area contributed by atoms with Crippen molar-refractivity contribution < 1.29 is 4.39 Å². The van der Waals surface area contributed by atoms with Gasteiger partial charge >= 0.3 is 0 Å². The molecule has 1 aliphatic heterocycles. The molecule has 0 aromatic heterocycles. The number of hydrogen-bond acceptors (Lipinski definition) is 1. The van der Waals surface area contributed by atoms with E-state index < -0.39 is 0 Å². The molecule has 0 bridgehead atoms. The molecule has 0 saturated carbocycles. The molecule has 1 nitrogen and oxygen atoms in total. The molecular weight excluding hydrogens is 257 g/mol. The molecule has 1 aliphatic rings. The van der Waals surface area contributed by atoms with Gasteiger partial charge in [0, 0.05) is 18.8 Å². The molecule has 0 spiro atoms. The van der Waals surface area contributed by atoms with Crippen molar-refractivity contribution in [3.05, 3.63) is 28.0 Å². The molecule has 1 aromatic rings. The van der Waals surface area contributed by atoms with E-state index in [0.29, 0.717) is 4.47 Å². The van der Waals surface area contributed by atoms with Gasteiger partial charge in [0.15, 0.2) is 0 Å². The Morgan fingerprint density at radius 2 is 1.87 bits per heavy atom. The SMILES string of the molecule is Cc1cc(F)c(Br)cc1N1CCCCC1. The van der Waals surface area contributed by atoms with Crippen LogP contribution in [0.25, 0.3) is 0 Å². The molecule has 0 atom stereocenters. The highest BCUT2D eigenvalue weighted by Gasteiger charge is 2.14. The van der Waals surface area contributed by atoms with E-state index in [1.807, 2.05) is 13.0 Å². The Balaban J connectivity index is 2.30. The van der Waals surface area contributed by atoms with E-state index in [9.17, 15) is 4.39 Å². The zero-order chi connectivity index (χ0) is 10.8. The van der Waals surface area contributed by atoms with Crippen molar-refractivity contribution >= 4 is 21.6 Å². The normalized spacial score (nSPS) is 16.9. The van der Waals surface area contributed by atoms with Crippen LogP contribution < -0.4 is 4.90 Å². The average Bonchev–Trinajstić information content (AvgIpc) is 2.25. The van der Waals surface area contributed by atoms with Crippen LogP contribution in [0.2, 0.25) is 0 Å². The van der Waals surface area contributed by atoms with Crippen molar-refractivity contribution in [1.82, 2.24) is 0 Å². The van der Waals surface area contributed by atoms with E-state index in [0.717, 1.165) is 18.7 Å². The van der Waals surface area contributed by atoms with Crippen LogP contribution in [0.1, 0.15) is 24.8 Å². The van der Waals surface area contributed by atoms with Gasteiger partial charge in [-0.3, -0.25) is 0 Å². The summed E-state index contributed by atoms with van der Waals surface area (Å²) < 4.78 is 13.8. The van der Waals surface area contributed by atoms with Crippen molar-refractivity contribution in [1.29, 1.82) is 0 Å². The molecule has 82 valence electrons. The lowest BCUT2D eigenvalue weighted by Gasteiger charge is -2.30. The minimum Gasteiger partial charge on any atom is -0.371 e. The number of aryl methyl sites for hydroxylation is 1. The van der Waals surface area contributed by atoms with Crippen LogP contribution in [-0.4, -0.2) is 13.1 Å². The third kappa shape index (κ3) is 2.33. The predicted molar refractivity (Wildman–Crippen MR) is 64.9 cm³/mol. The van der Waals surface area contributed by atoms with Crippen LogP contribution in [0.5, 0.6) is 0 Å². The van der Waals surface area contributed by atoms with Crippen molar-refractivity contribution in [3.8, 4) is 0 Å². The monoisotopic (exact) mass is 271 g/mol. The Morgan fingerprint density at radius 3 is 2.53 bits per heavy atom. The van der Waals surface area contributed by atoms with Gasteiger partial charge in [0.25, 0.3) is 0 Å². The molecular formula is C12H15BrFN. The van der Waals surface area contributed by atoms with Crippen LogP contribution in [-0.2, 0) is 0 Å². The quantitative estimate of drug-likeness (QED) is 0.749. The van der Waals surface area contributed by atoms with Gasteiger partial charge in [-0.1, -0.05) is 0 Å². The first-order chi connectivity index (χ1) is 7.18. The predicted octanol–water partition coefficient (Wildman–Crippen LogP) is 3.89. The fourth-order valence-corrected chi connectivity index (χ4v) is 2.44. The molecule has 0 unspecified atom stereocenters. The second kappa shape index (κ2) is 4.52. The van der Waals surface area contributed by atoms with Crippen LogP contribution in [0.15, 0.2) is 16.6 Å². The Morgan fingerprint density at radius 1 is 1.20 bits per heavy atom. The molecule has 1 heterocycles. The van der Waals surface area contributed by atoms with E-state index >= 15 is 0 Å². The first kappa shape index (κ1) is 10.9. The van der Waals surface area contributed by atoms with Crippen LogP contribution >= 0.6 is 15.9 Å². The van der Waals surface area contributed by atoms with Crippen LogP contribution in [0.4, 0.5) is 10.1 Å². The molecule has 1 aromatic carbocycles. The topological polar surface area (TPSA) is 3.24 Å². The highest BCUT2D eigenvalue weighted by atomic mass is 79.9. The lowest BCUT2D eigenvalue weighted by Crippen LogP contribution is -2.30. The molecule has 0 aliphatic carbocycles. The fraction of sp³-hybridized carbons (Fsp3) is 0.500. The van der Waals surface area contributed by atoms with E-state index in [1.165, 1.54) is 24.9 Å². The van der Waals surface area contributed by atoms with Crippen LogP contribution in [0.3, 0.4) is 0 Å². The lowest BCUT2D eigenvalue weighted by atomic mass is 10.1. The molecule has 0 radical (unpaired) electrons. The van der Waals surface area contributed by atoms with Crippen molar-refractivity contribution in [3.63, 3.8) is 0 Å². The average molecular weight is 272 g/mol. The number of hydrogen-bond donors (Lipinski definition) is 0. The maximum absolute atomic E-state index is 13.3. The lowest BCUT2D eigenvalue weighted by molar-refractivity contribution is 0.575. The first-order valence-corrected chi connectivity index (χ1v) is 6.18. The number of anilines is 1. The van der Waals surface area contributed by atoms with E-state index in [2.05, 4.69) is 20.8 Å². The van der Waals surface area contributed by atoms with Gasteiger partial charge in [0.1, 0.15) is 5.82 Å². The Labute approximate surface area is 98.4 Å². The zero-order valence-electron chi connectivity index (χ0n) is 8.89. The second-order valence-corrected chi connectivity index (χ2v) is 4.95. The summed E-state index contributed by atoms with van der Waals surface area (Å²) in [7, 11) is 0. The number of rotatable bonds is 1. The maximum Gasteiger partial charge on any atom is 0.137 e. The summed E-state index contributed by atoms with van der Waals surface area (Å²) in [5.74, 6) is -0.173. The van der Waals surface area contributed by atoms with Crippen LogP contribution in [0, 0.1) is 12.7 Å². The van der Waals surface area contributed by atoms with Crippen molar-refractivity contribution in [2.75, 3.05) is 18.0 Å². The zero-order valence-corrected chi connectivity index (χ0v) is 10.5. The van der Waals surface area contributed by atoms with Gasteiger partial charge in [-0.25, -0.2) is 4.39 Å². The number of halogens is 2. The van der Waals surface area contributed by atoms with Gasteiger partial charge in [-0.15, -0.1) is 0 Å². The van der Waals surface area contributed by atoms with Gasteiger partial charge in [0.05, 0.1) is 4.47 Å². The minimum absolute atomic E-state index is 0.173. The standard InChI is InChI=1S/C12H15BrFN/c1-9-7-11(14)10(13)8-12(9)15-5-3-2-4-6-15/h7-8H,2-6H2,1H3. The third-order valence-electron chi connectivity index (χ3n) is 2.94. The fourth-order valence-electron chi connectivity index (χ4n) is 2.11. The van der Waals surface area contributed by atoms with Gasteiger partial charge in [-0.2, -0.15) is 0 Å². The molecule has 1 saturated heterocycles. The molecule has 15 heavy (non-hydrogen) atoms. The van der Waals surface area contributed by atoms with Gasteiger partial charge < -0.3 is 4.90 Å². The van der Waals surface area contributed by atoms with E-state index in [4.69, 9.17) is 0 Å². The summed E-state index contributed by atoms with van der Waals surface area (Å²) in [6, 6.07) is 3.50. The van der Waals surface area contributed by atoms with Crippen molar-refractivity contribution in [2.24, 2.45) is 0 Å². The maximum atomic E-state index is 13.3. The summed E-state index contributed by atoms with van der Waals surface area (Å²) in [5.41, 5.74) is 2.19. The third-order valence-corrected chi connectivity index (χ3v) is 3.54. The summed E-state index contributed by atoms with van der Waals surface area (Å²) in [4.78, 5) is 2.35. The second-order valence-electron chi connectivity index (χ2n) is 4.10. The van der Waals surface area contributed by atoms with E-state index in [1.54, 1.807) is 6.07 Å². The molecule has 2 rings (SSSR count). The minimum atomic E-state index is -0.173. The number of nitrogens with zero attached hydrogens (tertiary/aromatic N) is 1. The summed E-state index contributed by atoms with van der Waals surface area (Å²) in [6.07, 6.45) is 3.81. The summed E-state index contributed by atoms with van der Waals surface area (Å²) in [5, 5.41) is 0. The largest absolute Gasteiger partial charge is 0.371 e. The summed E-state index contributed by atoms with van der Waals surface area (Å²) >= 11 is 3.25. The molecule has 0 amide bonds. The van der Waals surface area contributed by atoms with Crippen molar-refractivity contribution in [2.45, 2.75) is 26.2 Å². The Bertz CT molecular complexity index is 359. The highest BCUT2D eigenvalue weighted by Crippen LogP contribution is 2.29. The molecule has 3 heteroatoms. The highest BCUT2D eigenvalue weighted by molar-refractivity contribution is 9.10. The smallest absolute Gasteiger partial charge is 0.137 e. The van der Waals surface area contributed by atoms with E-state index in [-0.39, 0.29) is 5.82 Å². The first-order valence-electron chi connectivity index (χ1n) is 5.39. The molecule has 0 N–H and O–H groups in total. The van der Waals surface area contributed by atoms with Gasteiger partial charge in [0.2, 0.25) is 0 Å². The summed E-state index contributed by atoms with van der Waals surface area (Å²) in [6.45, 7) is 4.16.